The number of hydrogen-bond acceptors (Lipinski definition) is 3. The van der Waals surface area contributed by atoms with E-state index in [1.54, 1.807) is 12.1 Å². The molecule has 0 aliphatic heterocycles. The monoisotopic (exact) mass is 416 g/mol. The van der Waals surface area contributed by atoms with Gasteiger partial charge in [-0.15, -0.1) is 0 Å². The number of hydrogen-bond donors (Lipinski definition) is 1. The quantitative estimate of drug-likeness (QED) is 0.674. The maximum absolute atomic E-state index is 12.7. The minimum absolute atomic E-state index is 0.0967. The second-order valence-electron chi connectivity index (χ2n) is 8.17. The van der Waals surface area contributed by atoms with Gasteiger partial charge >= 0.3 is 0 Å². The number of sulfonamides is 1. The highest BCUT2D eigenvalue weighted by atomic mass is 32.2. The first kappa shape index (κ1) is 22.9. The van der Waals surface area contributed by atoms with Gasteiger partial charge in [-0.2, -0.15) is 0 Å². The third kappa shape index (κ3) is 6.32. The van der Waals surface area contributed by atoms with Gasteiger partial charge in [0.2, 0.25) is 15.9 Å². The molecule has 6 heteroatoms. The predicted octanol–water partition coefficient (Wildman–Crippen LogP) is 3.89. The molecule has 0 saturated carbocycles. The third-order valence-corrected chi connectivity index (χ3v) is 6.23. The number of carbonyl (C=O) groups is 1. The molecule has 2 rings (SSSR count). The molecular weight excluding hydrogens is 384 g/mol. The summed E-state index contributed by atoms with van der Waals surface area (Å²) in [5.74, 6) is -0.308. The van der Waals surface area contributed by atoms with Crippen LogP contribution in [0.4, 0.5) is 5.69 Å². The van der Waals surface area contributed by atoms with E-state index in [-0.39, 0.29) is 23.9 Å². The minimum atomic E-state index is -3.59. The Morgan fingerprint density at radius 3 is 2.24 bits per heavy atom. The molecule has 0 aromatic heterocycles. The molecule has 0 aliphatic carbocycles. The van der Waals surface area contributed by atoms with Crippen molar-refractivity contribution in [3.05, 3.63) is 65.7 Å². The Morgan fingerprint density at radius 2 is 1.66 bits per heavy atom. The summed E-state index contributed by atoms with van der Waals surface area (Å²) in [5, 5.41) is 2.97. The van der Waals surface area contributed by atoms with Crippen molar-refractivity contribution < 1.29 is 13.2 Å². The van der Waals surface area contributed by atoms with Crippen LogP contribution in [-0.4, -0.2) is 33.2 Å². The maximum atomic E-state index is 12.7. The number of benzene rings is 2. The van der Waals surface area contributed by atoms with Crippen LogP contribution in [0.15, 0.2) is 54.6 Å². The number of nitrogens with zero attached hydrogens (tertiary/aromatic N) is 1. The van der Waals surface area contributed by atoms with Gasteiger partial charge in [-0.1, -0.05) is 69.3 Å². The van der Waals surface area contributed by atoms with Gasteiger partial charge < -0.3 is 5.32 Å². The Morgan fingerprint density at radius 1 is 1.07 bits per heavy atom. The van der Waals surface area contributed by atoms with E-state index in [0.717, 1.165) is 18.2 Å². The zero-order valence-corrected chi connectivity index (χ0v) is 18.8. The highest BCUT2D eigenvalue weighted by Gasteiger charge is 2.26. The van der Waals surface area contributed by atoms with Gasteiger partial charge in [0.05, 0.1) is 11.9 Å². The fourth-order valence-corrected chi connectivity index (χ4v) is 4.60. The van der Waals surface area contributed by atoms with Crippen molar-refractivity contribution in [3.8, 4) is 0 Å². The minimum Gasteiger partial charge on any atom is -0.352 e. The standard InChI is InChI=1S/C23H32N2O3S/c1-6-19-12-10-11-15-21(19)25(29(5,27)28)17-22(26)24-18(2)16-23(3,4)20-13-8-7-9-14-20/h7-15,18H,6,16-17H2,1-5H3,(H,24,26). The molecule has 0 bridgehead atoms. The van der Waals surface area contributed by atoms with Crippen molar-refractivity contribution in [2.24, 2.45) is 0 Å². The largest absolute Gasteiger partial charge is 0.352 e. The van der Waals surface area contributed by atoms with Crippen LogP contribution in [0.25, 0.3) is 0 Å². The molecule has 1 amide bonds. The Hall–Kier alpha value is -2.34. The lowest BCUT2D eigenvalue weighted by molar-refractivity contribution is -0.120. The number of anilines is 1. The first-order valence-corrected chi connectivity index (χ1v) is 11.8. The van der Waals surface area contributed by atoms with E-state index in [0.29, 0.717) is 12.1 Å². The molecule has 5 nitrogen and oxygen atoms in total. The number of rotatable bonds is 9. The van der Waals surface area contributed by atoms with E-state index in [1.807, 2.05) is 44.2 Å². The highest BCUT2D eigenvalue weighted by Crippen LogP contribution is 2.28. The van der Waals surface area contributed by atoms with Gasteiger partial charge in [-0.3, -0.25) is 9.10 Å². The fraction of sp³-hybridized carbons (Fsp3) is 0.435. The van der Waals surface area contributed by atoms with Crippen molar-refractivity contribution in [3.63, 3.8) is 0 Å². The number of para-hydroxylation sites is 1. The lowest BCUT2D eigenvalue weighted by Crippen LogP contribution is -2.45. The van der Waals surface area contributed by atoms with E-state index >= 15 is 0 Å². The average Bonchev–Trinajstić information content (AvgIpc) is 2.65. The van der Waals surface area contributed by atoms with Crippen molar-refractivity contribution in [2.75, 3.05) is 17.1 Å². The molecule has 1 unspecified atom stereocenters. The fourth-order valence-electron chi connectivity index (χ4n) is 3.71. The van der Waals surface area contributed by atoms with Crippen LogP contribution in [0.3, 0.4) is 0 Å². The van der Waals surface area contributed by atoms with Crippen LogP contribution in [0.2, 0.25) is 0 Å². The van der Waals surface area contributed by atoms with Gasteiger partial charge in [0.15, 0.2) is 0 Å². The van der Waals surface area contributed by atoms with Crippen LogP contribution in [0.5, 0.6) is 0 Å². The van der Waals surface area contributed by atoms with Gasteiger partial charge in [-0.25, -0.2) is 8.42 Å². The molecule has 0 spiro atoms. The summed E-state index contributed by atoms with van der Waals surface area (Å²) >= 11 is 0. The van der Waals surface area contributed by atoms with Gasteiger partial charge in [0.25, 0.3) is 0 Å². The molecule has 2 aromatic rings. The van der Waals surface area contributed by atoms with E-state index in [2.05, 4.69) is 31.3 Å². The first-order valence-electron chi connectivity index (χ1n) is 9.95. The van der Waals surface area contributed by atoms with E-state index in [4.69, 9.17) is 0 Å². The van der Waals surface area contributed by atoms with Crippen LogP contribution in [0.1, 0.15) is 45.2 Å². The van der Waals surface area contributed by atoms with Gasteiger partial charge in [-0.05, 0) is 42.4 Å². The van der Waals surface area contributed by atoms with E-state index < -0.39 is 10.0 Å². The third-order valence-electron chi connectivity index (χ3n) is 5.11. The first-order chi connectivity index (χ1) is 13.5. The van der Waals surface area contributed by atoms with Gasteiger partial charge in [0, 0.05) is 6.04 Å². The second kappa shape index (κ2) is 9.44. The molecule has 158 valence electrons. The molecular formula is C23H32N2O3S. The van der Waals surface area contributed by atoms with Crippen LogP contribution in [-0.2, 0) is 26.7 Å². The van der Waals surface area contributed by atoms with E-state index in [9.17, 15) is 13.2 Å². The Labute approximate surface area is 175 Å². The summed E-state index contributed by atoms with van der Waals surface area (Å²) in [6.07, 6.45) is 2.56. The normalized spacial score (nSPS) is 13.0. The van der Waals surface area contributed by atoms with Crippen molar-refractivity contribution in [1.29, 1.82) is 0 Å². The molecule has 0 heterocycles. The zero-order chi connectivity index (χ0) is 21.7. The molecule has 0 radical (unpaired) electrons. The van der Waals surface area contributed by atoms with Crippen molar-refractivity contribution in [2.45, 2.75) is 52.0 Å². The average molecular weight is 417 g/mol. The number of amides is 1. The molecule has 1 N–H and O–H groups in total. The summed E-state index contributed by atoms with van der Waals surface area (Å²) in [6, 6.07) is 17.4. The maximum Gasteiger partial charge on any atom is 0.240 e. The second-order valence-corrected chi connectivity index (χ2v) is 10.1. The Bertz CT molecular complexity index is 924. The predicted molar refractivity (Wildman–Crippen MR) is 120 cm³/mol. The van der Waals surface area contributed by atoms with E-state index in [1.165, 1.54) is 9.87 Å². The Kier molecular flexibility index (Phi) is 7.47. The van der Waals surface area contributed by atoms with Gasteiger partial charge in [0.1, 0.15) is 6.54 Å². The molecule has 0 saturated heterocycles. The summed E-state index contributed by atoms with van der Waals surface area (Å²) < 4.78 is 26.0. The van der Waals surface area contributed by atoms with Crippen molar-refractivity contribution >= 4 is 21.6 Å². The highest BCUT2D eigenvalue weighted by molar-refractivity contribution is 7.92. The smallest absolute Gasteiger partial charge is 0.240 e. The Balaban J connectivity index is 2.10. The molecule has 1 atom stereocenters. The lowest BCUT2D eigenvalue weighted by Gasteiger charge is -2.30. The molecule has 2 aromatic carbocycles. The topological polar surface area (TPSA) is 66.5 Å². The molecule has 0 aliphatic rings. The number of aryl methyl sites for hydroxylation is 1. The summed E-state index contributed by atoms with van der Waals surface area (Å²) in [5.41, 5.74) is 2.55. The summed E-state index contributed by atoms with van der Waals surface area (Å²) in [7, 11) is -3.59. The molecule has 29 heavy (non-hydrogen) atoms. The summed E-state index contributed by atoms with van der Waals surface area (Å²) in [6.45, 7) is 7.98. The lowest BCUT2D eigenvalue weighted by atomic mass is 9.79. The number of nitrogens with one attached hydrogen (secondary N) is 1. The summed E-state index contributed by atoms with van der Waals surface area (Å²) in [4.78, 5) is 12.7. The van der Waals surface area contributed by atoms with Crippen molar-refractivity contribution in [1.82, 2.24) is 5.32 Å². The van der Waals surface area contributed by atoms with Crippen LogP contribution < -0.4 is 9.62 Å². The number of carbonyl (C=O) groups excluding carboxylic acids is 1. The van der Waals surface area contributed by atoms with Crippen LogP contribution in [0, 0.1) is 0 Å². The molecule has 0 fully saturated rings. The van der Waals surface area contributed by atoms with Crippen LogP contribution >= 0.6 is 0 Å². The zero-order valence-electron chi connectivity index (χ0n) is 18.0. The SMILES string of the molecule is CCc1ccccc1N(CC(=O)NC(C)CC(C)(C)c1ccccc1)S(C)(=O)=O.